The van der Waals surface area contributed by atoms with Crippen LogP contribution in [-0.2, 0) is 23.9 Å². The maximum Gasteiger partial charge on any atom is 0.336 e. The highest BCUT2D eigenvalue weighted by Gasteiger charge is 2.49. The number of hydrogen-bond donors (Lipinski definition) is 1. The second kappa shape index (κ2) is 6.50. The summed E-state index contributed by atoms with van der Waals surface area (Å²) < 4.78 is 11.2. The van der Waals surface area contributed by atoms with E-state index in [1.807, 2.05) is 6.92 Å². The summed E-state index contributed by atoms with van der Waals surface area (Å²) in [7, 11) is 0. The molecular formula is C19H24O6. The topological polar surface area (TPSA) is 89.9 Å². The van der Waals surface area contributed by atoms with Crippen molar-refractivity contribution in [3.63, 3.8) is 0 Å². The predicted octanol–water partition coefficient (Wildman–Crippen LogP) is 1.65. The van der Waals surface area contributed by atoms with Gasteiger partial charge in [-0.1, -0.05) is 18.2 Å². The van der Waals surface area contributed by atoms with Crippen LogP contribution in [0.5, 0.6) is 0 Å². The van der Waals surface area contributed by atoms with Crippen LogP contribution >= 0.6 is 0 Å². The molecule has 0 aromatic heterocycles. The lowest BCUT2D eigenvalue weighted by Crippen LogP contribution is -2.35. The summed E-state index contributed by atoms with van der Waals surface area (Å²) in [6.45, 7) is 7.50. The van der Waals surface area contributed by atoms with E-state index >= 15 is 0 Å². The molecule has 25 heavy (non-hydrogen) atoms. The first-order valence-corrected chi connectivity index (χ1v) is 8.65. The van der Waals surface area contributed by atoms with Gasteiger partial charge in [-0.05, 0) is 26.2 Å². The van der Waals surface area contributed by atoms with Crippen LogP contribution in [0.4, 0.5) is 0 Å². The van der Waals surface area contributed by atoms with Gasteiger partial charge in [-0.15, -0.1) is 0 Å². The molecule has 3 heterocycles. The van der Waals surface area contributed by atoms with Crippen molar-refractivity contribution in [2.24, 2.45) is 5.92 Å². The quantitative estimate of drug-likeness (QED) is 0.572. The van der Waals surface area contributed by atoms with Gasteiger partial charge in [-0.2, -0.15) is 0 Å². The van der Waals surface area contributed by atoms with Gasteiger partial charge in [0.1, 0.15) is 24.1 Å². The molecule has 0 aliphatic carbocycles. The Labute approximate surface area is 146 Å². The molecular weight excluding hydrogens is 324 g/mol. The molecule has 0 amide bonds. The van der Waals surface area contributed by atoms with E-state index in [1.54, 1.807) is 13.0 Å². The van der Waals surface area contributed by atoms with Crippen molar-refractivity contribution in [1.29, 1.82) is 0 Å². The molecule has 0 unspecified atom stereocenters. The minimum absolute atomic E-state index is 0.0541. The predicted molar refractivity (Wildman–Crippen MR) is 88.7 cm³/mol. The first kappa shape index (κ1) is 18.0. The molecule has 0 radical (unpaired) electrons. The van der Waals surface area contributed by atoms with Crippen molar-refractivity contribution in [3.8, 4) is 0 Å². The summed E-state index contributed by atoms with van der Waals surface area (Å²) in [5.74, 6) is -0.871. The van der Waals surface area contributed by atoms with Crippen molar-refractivity contribution in [3.05, 3.63) is 23.8 Å². The van der Waals surface area contributed by atoms with Crippen LogP contribution in [0.15, 0.2) is 23.8 Å². The Morgan fingerprint density at radius 2 is 2.04 bits per heavy atom. The molecule has 6 heteroatoms. The van der Waals surface area contributed by atoms with Gasteiger partial charge in [0.2, 0.25) is 0 Å². The standard InChI is InChI=1S/C19H24O6/c1-10(2)11-4-5-13-17(22)16(24-18(13)23)9-19(3)8-14(21)15(25-19)7-12(20)6-11/h5,11,15-17,22H,1,4,6-9H2,2-3H3/b13-5-/t11-,15-,16+,17-,19+/m1/s1. The van der Waals surface area contributed by atoms with Crippen molar-refractivity contribution < 1.29 is 29.0 Å². The van der Waals surface area contributed by atoms with Crippen LogP contribution < -0.4 is 0 Å². The molecule has 6 nitrogen and oxygen atoms in total. The molecule has 4 bridgehead atoms. The average Bonchev–Trinajstić information content (AvgIpc) is 2.91. The number of Topliss-reactive ketones (excluding diaryl/α,β-unsaturated/α-hetero) is 2. The fraction of sp³-hybridized carbons (Fsp3) is 0.632. The summed E-state index contributed by atoms with van der Waals surface area (Å²) in [4.78, 5) is 36.8. The minimum atomic E-state index is -1.05. The first-order chi connectivity index (χ1) is 11.7. The van der Waals surface area contributed by atoms with Crippen LogP contribution in [0.2, 0.25) is 0 Å². The Morgan fingerprint density at radius 3 is 2.72 bits per heavy atom. The zero-order chi connectivity index (χ0) is 18.4. The van der Waals surface area contributed by atoms with Crippen molar-refractivity contribution in [1.82, 2.24) is 0 Å². The lowest BCUT2D eigenvalue weighted by molar-refractivity contribution is -0.144. The van der Waals surface area contributed by atoms with Crippen LogP contribution in [0.3, 0.4) is 0 Å². The summed E-state index contributed by atoms with van der Waals surface area (Å²) in [5.41, 5.74) is 0.194. The highest BCUT2D eigenvalue weighted by Crippen LogP contribution is 2.38. The van der Waals surface area contributed by atoms with E-state index in [4.69, 9.17) is 9.47 Å². The highest BCUT2D eigenvalue weighted by molar-refractivity contribution is 5.93. The van der Waals surface area contributed by atoms with Crippen molar-refractivity contribution in [2.75, 3.05) is 0 Å². The Hall–Kier alpha value is -1.79. The summed E-state index contributed by atoms with van der Waals surface area (Å²) in [6.07, 6.45) is 0.187. The Balaban J connectivity index is 1.94. The van der Waals surface area contributed by atoms with Crippen molar-refractivity contribution >= 4 is 17.5 Å². The second-order valence-electron chi connectivity index (χ2n) is 7.68. The SMILES string of the molecule is C=C(C)[C@@H]1C/C=C2\C(=O)O[C@@H](C[C@]3(C)CC(=O)[C@@H](CC(=O)C1)O3)[C@@H]2O. The number of rotatable bonds is 1. The number of ether oxygens (including phenoxy) is 2. The number of carbonyl (C=O) groups is 3. The molecule has 2 saturated heterocycles. The minimum Gasteiger partial charge on any atom is -0.456 e. The number of aliphatic hydroxyl groups excluding tert-OH is 1. The normalized spacial score (nSPS) is 41.2. The third-order valence-corrected chi connectivity index (χ3v) is 5.34. The summed E-state index contributed by atoms with van der Waals surface area (Å²) in [5, 5.41) is 10.5. The fourth-order valence-corrected chi connectivity index (χ4v) is 3.88. The molecule has 136 valence electrons. The largest absolute Gasteiger partial charge is 0.456 e. The number of hydrogen-bond acceptors (Lipinski definition) is 6. The Morgan fingerprint density at radius 1 is 1.32 bits per heavy atom. The number of allylic oxidation sites excluding steroid dienone is 2. The van der Waals surface area contributed by atoms with E-state index in [1.165, 1.54) is 0 Å². The van der Waals surface area contributed by atoms with Gasteiger partial charge < -0.3 is 14.6 Å². The van der Waals surface area contributed by atoms with Gasteiger partial charge in [0.15, 0.2) is 5.78 Å². The molecule has 3 rings (SSSR count). The van der Waals surface area contributed by atoms with E-state index < -0.39 is 29.9 Å². The van der Waals surface area contributed by atoms with Gasteiger partial charge in [-0.25, -0.2) is 4.79 Å². The molecule has 0 saturated carbocycles. The maximum atomic E-state index is 12.4. The molecule has 0 aromatic rings. The van der Waals surface area contributed by atoms with Gasteiger partial charge in [0, 0.05) is 25.7 Å². The molecule has 5 atom stereocenters. The molecule has 0 aromatic carbocycles. The number of esters is 1. The molecule has 0 spiro atoms. The number of carbonyl (C=O) groups excluding carboxylic acids is 3. The van der Waals surface area contributed by atoms with E-state index in [0.717, 1.165) is 5.57 Å². The van der Waals surface area contributed by atoms with E-state index in [9.17, 15) is 19.5 Å². The number of aliphatic hydroxyl groups is 1. The maximum absolute atomic E-state index is 12.4. The zero-order valence-electron chi connectivity index (χ0n) is 14.6. The number of ketones is 2. The van der Waals surface area contributed by atoms with Crippen LogP contribution in [0, 0.1) is 5.92 Å². The highest BCUT2D eigenvalue weighted by atomic mass is 16.6. The van der Waals surface area contributed by atoms with Crippen LogP contribution in [0.1, 0.15) is 46.0 Å². The van der Waals surface area contributed by atoms with Crippen LogP contribution in [-0.4, -0.2) is 46.6 Å². The Bertz CT molecular complexity index is 663. The second-order valence-corrected chi connectivity index (χ2v) is 7.68. The fourth-order valence-electron chi connectivity index (χ4n) is 3.88. The van der Waals surface area contributed by atoms with E-state index in [2.05, 4.69) is 6.58 Å². The lowest BCUT2D eigenvalue weighted by atomic mass is 9.87. The average molecular weight is 348 g/mol. The van der Waals surface area contributed by atoms with Crippen LogP contribution in [0.25, 0.3) is 0 Å². The third-order valence-electron chi connectivity index (χ3n) is 5.34. The van der Waals surface area contributed by atoms with Gasteiger partial charge in [0.05, 0.1) is 11.2 Å². The smallest absolute Gasteiger partial charge is 0.336 e. The monoisotopic (exact) mass is 348 g/mol. The lowest BCUT2D eigenvalue weighted by Gasteiger charge is -2.27. The molecule has 2 fully saturated rings. The third kappa shape index (κ3) is 3.60. The zero-order valence-corrected chi connectivity index (χ0v) is 14.6. The van der Waals surface area contributed by atoms with Gasteiger partial charge in [-0.3, -0.25) is 9.59 Å². The summed E-state index contributed by atoms with van der Waals surface area (Å²) in [6, 6.07) is 0. The Kier molecular flexibility index (Phi) is 4.68. The molecule has 3 aliphatic heterocycles. The molecule has 3 aliphatic rings. The first-order valence-electron chi connectivity index (χ1n) is 8.65. The summed E-state index contributed by atoms with van der Waals surface area (Å²) >= 11 is 0. The van der Waals surface area contributed by atoms with Crippen molar-refractivity contribution in [2.45, 2.75) is 69.9 Å². The molecule has 1 N–H and O–H groups in total. The number of fused-ring (bicyclic) bond motifs is 4. The van der Waals surface area contributed by atoms with E-state index in [0.29, 0.717) is 6.42 Å². The van der Waals surface area contributed by atoms with E-state index in [-0.39, 0.29) is 48.7 Å². The van der Waals surface area contributed by atoms with Gasteiger partial charge in [0.25, 0.3) is 0 Å². The van der Waals surface area contributed by atoms with Gasteiger partial charge >= 0.3 is 5.97 Å².